The molecule has 0 saturated carbocycles. The van der Waals surface area contributed by atoms with E-state index in [0.717, 1.165) is 9.80 Å². The van der Waals surface area contributed by atoms with Gasteiger partial charge in [0, 0.05) is 16.1 Å². The largest absolute Gasteiger partial charge is 0.487 e. The number of carbonyl (C=O) groups excluding carboxylic acids is 3. The molecular weight excluding hydrogens is 542 g/mol. The zero-order valence-corrected chi connectivity index (χ0v) is 21.7. The molecule has 4 aromatic carbocycles. The van der Waals surface area contributed by atoms with Crippen LogP contribution in [0.1, 0.15) is 11.1 Å². The minimum Gasteiger partial charge on any atom is -0.487 e. The summed E-state index contributed by atoms with van der Waals surface area (Å²) in [6.07, 6.45) is 1.28. The Bertz CT molecular complexity index is 1550. The van der Waals surface area contributed by atoms with Crippen LogP contribution in [-0.2, 0) is 16.2 Å². The molecule has 0 unspecified atom stereocenters. The average Bonchev–Trinajstić information content (AvgIpc) is 2.92. The van der Waals surface area contributed by atoms with Crippen LogP contribution in [0.25, 0.3) is 6.08 Å². The monoisotopic (exact) mass is 560 g/mol. The highest BCUT2D eigenvalue weighted by Gasteiger charge is 2.43. The van der Waals surface area contributed by atoms with Crippen molar-refractivity contribution >= 4 is 58.5 Å². The van der Waals surface area contributed by atoms with Crippen molar-refractivity contribution in [2.75, 3.05) is 9.80 Å². The molecule has 1 aliphatic rings. The van der Waals surface area contributed by atoms with Gasteiger partial charge in [0.25, 0.3) is 11.8 Å². The standard InChI is InChI=1S/C30H19Cl2FN2O4/c31-21-15-20(27(25(32)17-21)39-18-19-9-7-8-14-26(19)33)16-24-28(36)34(22-10-3-1-4-11-22)30(38)35(29(24)37)23-12-5-2-6-13-23/h1-17H,18H2. The number of barbiturate groups is 1. The minimum absolute atomic E-state index is 0.0897. The Morgan fingerprint density at radius 1 is 0.744 bits per heavy atom. The molecule has 1 aliphatic heterocycles. The summed E-state index contributed by atoms with van der Waals surface area (Å²) in [6, 6.07) is 24.7. The van der Waals surface area contributed by atoms with Crippen molar-refractivity contribution < 1.29 is 23.5 Å². The van der Waals surface area contributed by atoms with Gasteiger partial charge >= 0.3 is 6.03 Å². The maximum Gasteiger partial charge on any atom is 0.343 e. The fourth-order valence-corrected chi connectivity index (χ4v) is 4.66. The molecule has 194 valence electrons. The molecule has 39 heavy (non-hydrogen) atoms. The topological polar surface area (TPSA) is 66.9 Å². The summed E-state index contributed by atoms with van der Waals surface area (Å²) in [6.45, 7) is -0.170. The number of amides is 4. The van der Waals surface area contributed by atoms with Crippen LogP contribution in [0.3, 0.4) is 0 Å². The molecule has 0 spiro atoms. The first-order valence-electron chi connectivity index (χ1n) is 11.7. The van der Waals surface area contributed by atoms with E-state index in [0.29, 0.717) is 0 Å². The number of ether oxygens (including phenoxy) is 1. The fourth-order valence-electron chi connectivity index (χ4n) is 4.10. The summed E-state index contributed by atoms with van der Waals surface area (Å²) < 4.78 is 20.1. The Balaban J connectivity index is 1.62. The minimum atomic E-state index is -0.834. The van der Waals surface area contributed by atoms with Crippen molar-refractivity contribution in [2.45, 2.75) is 6.61 Å². The second kappa shape index (κ2) is 11.1. The van der Waals surface area contributed by atoms with Crippen molar-refractivity contribution in [1.29, 1.82) is 0 Å². The molecule has 1 saturated heterocycles. The van der Waals surface area contributed by atoms with Gasteiger partial charge in [-0.25, -0.2) is 19.0 Å². The zero-order valence-electron chi connectivity index (χ0n) is 20.2. The van der Waals surface area contributed by atoms with Crippen LogP contribution in [0, 0.1) is 5.82 Å². The van der Waals surface area contributed by atoms with E-state index in [2.05, 4.69) is 0 Å². The predicted octanol–water partition coefficient (Wildman–Crippen LogP) is 7.29. The van der Waals surface area contributed by atoms with Gasteiger partial charge in [0.05, 0.1) is 16.4 Å². The molecule has 0 aliphatic carbocycles. The number of rotatable bonds is 6. The summed E-state index contributed by atoms with van der Waals surface area (Å²) in [5, 5.41) is 0.314. The number of hydrogen-bond acceptors (Lipinski definition) is 4. The van der Waals surface area contributed by atoms with Crippen molar-refractivity contribution in [3.8, 4) is 5.75 Å². The number of para-hydroxylation sites is 2. The van der Waals surface area contributed by atoms with Crippen molar-refractivity contribution in [1.82, 2.24) is 0 Å². The lowest BCUT2D eigenvalue weighted by atomic mass is 10.0. The van der Waals surface area contributed by atoms with Crippen LogP contribution in [0.5, 0.6) is 5.75 Å². The molecule has 9 heteroatoms. The Morgan fingerprint density at radius 3 is 1.85 bits per heavy atom. The smallest absolute Gasteiger partial charge is 0.343 e. The normalized spacial score (nSPS) is 13.6. The lowest BCUT2D eigenvalue weighted by Crippen LogP contribution is -2.57. The lowest BCUT2D eigenvalue weighted by Gasteiger charge is -2.34. The Morgan fingerprint density at radius 2 is 1.28 bits per heavy atom. The average molecular weight is 561 g/mol. The molecule has 0 radical (unpaired) electrons. The van der Waals surface area contributed by atoms with E-state index in [9.17, 15) is 18.8 Å². The summed E-state index contributed by atoms with van der Waals surface area (Å²) >= 11 is 12.7. The fraction of sp³-hybridized carbons (Fsp3) is 0.0333. The van der Waals surface area contributed by atoms with Gasteiger partial charge in [-0.15, -0.1) is 0 Å². The van der Waals surface area contributed by atoms with E-state index >= 15 is 0 Å². The molecule has 4 amide bonds. The van der Waals surface area contributed by atoms with Crippen LogP contribution in [0.2, 0.25) is 10.0 Å². The molecule has 4 aromatic rings. The number of hydrogen-bond donors (Lipinski definition) is 0. The highest BCUT2D eigenvalue weighted by atomic mass is 35.5. The van der Waals surface area contributed by atoms with Crippen LogP contribution >= 0.6 is 23.2 Å². The van der Waals surface area contributed by atoms with Gasteiger partial charge in [0.1, 0.15) is 23.7 Å². The van der Waals surface area contributed by atoms with Gasteiger partial charge in [-0.05, 0) is 48.5 Å². The number of urea groups is 1. The van der Waals surface area contributed by atoms with Crippen molar-refractivity contribution in [3.05, 3.63) is 130 Å². The molecule has 1 fully saturated rings. The summed E-state index contributed by atoms with van der Waals surface area (Å²) in [4.78, 5) is 42.7. The van der Waals surface area contributed by atoms with Gasteiger partial charge in [0.15, 0.2) is 0 Å². The summed E-state index contributed by atoms with van der Waals surface area (Å²) in [5.41, 5.74) is 0.731. The molecule has 1 heterocycles. The molecular formula is C30H19Cl2FN2O4. The maximum absolute atomic E-state index is 14.2. The van der Waals surface area contributed by atoms with Gasteiger partial charge in [-0.1, -0.05) is 77.8 Å². The first kappa shape index (κ1) is 26.2. The van der Waals surface area contributed by atoms with E-state index in [-0.39, 0.29) is 50.5 Å². The van der Waals surface area contributed by atoms with Gasteiger partial charge in [-0.3, -0.25) is 9.59 Å². The number of halogens is 3. The molecule has 0 N–H and O–H groups in total. The SMILES string of the molecule is O=C1C(=Cc2cc(Cl)cc(Cl)c2OCc2ccccc2F)C(=O)N(c2ccccc2)C(=O)N1c1ccccc1. The van der Waals surface area contributed by atoms with E-state index in [4.69, 9.17) is 27.9 Å². The molecule has 6 nitrogen and oxygen atoms in total. The maximum atomic E-state index is 14.2. The first-order chi connectivity index (χ1) is 18.8. The Labute approximate surface area is 233 Å². The van der Waals surface area contributed by atoms with Crippen molar-refractivity contribution in [2.24, 2.45) is 0 Å². The van der Waals surface area contributed by atoms with E-state index in [1.807, 2.05) is 0 Å². The predicted molar refractivity (Wildman–Crippen MR) is 148 cm³/mol. The number of imide groups is 2. The third-order valence-electron chi connectivity index (χ3n) is 5.95. The Hall–Kier alpha value is -4.46. The second-order valence-electron chi connectivity index (χ2n) is 8.48. The highest BCUT2D eigenvalue weighted by molar-refractivity contribution is 6.46. The van der Waals surface area contributed by atoms with Crippen molar-refractivity contribution in [3.63, 3.8) is 0 Å². The quantitative estimate of drug-likeness (QED) is 0.183. The molecule has 5 rings (SSSR count). The van der Waals surface area contributed by atoms with Gasteiger partial charge in [0.2, 0.25) is 0 Å². The van der Waals surface area contributed by atoms with Gasteiger partial charge < -0.3 is 4.74 Å². The first-order valence-corrected chi connectivity index (χ1v) is 12.5. The Kier molecular flexibility index (Phi) is 7.45. The molecule has 0 atom stereocenters. The third kappa shape index (κ3) is 5.27. The van der Waals surface area contributed by atoms with Crippen LogP contribution in [-0.4, -0.2) is 17.8 Å². The van der Waals surface area contributed by atoms with E-state index in [1.54, 1.807) is 78.9 Å². The third-order valence-corrected chi connectivity index (χ3v) is 6.44. The number of anilines is 2. The summed E-state index contributed by atoms with van der Waals surface area (Å²) in [7, 11) is 0. The van der Waals surface area contributed by atoms with E-state index < -0.39 is 23.7 Å². The van der Waals surface area contributed by atoms with E-state index in [1.165, 1.54) is 24.3 Å². The zero-order chi connectivity index (χ0) is 27.5. The summed E-state index contributed by atoms with van der Waals surface area (Å²) in [5.74, 6) is -2.04. The highest BCUT2D eigenvalue weighted by Crippen LogP contribution is 2.36. The number of carbonyl (C=O) groups is 3. The number of benzene rings is 4. The lowest BCUT2D eigenvalue weighted by molar-refractivity contribution is -0.121. The van der Waals surface area contributed by atoms with Gasteiger partial charge in [-0.2, -0.15) is 0 Å². The number of nitrogens with zero attached hydrogens (tertiary/aromatic N) is 2. The van der Waals surface area contributed by atoms with Crippen LogP contribution < -0.4 is 14.5 Å². The molecule has 0 aromatic heterocycles. The van der Waals surface area contributed by atoms with Crippen LogP contribution in [0.15, 0.2) is 103 Å². The second-order valence-corrected chi connectivity index (χ2v) is 9.32. The molecule has 0 bridgehead atoms. The van der Waals surface area contributed by atoms with Crippen LogP contribution in [0.4, 0.5) is 20.6 Å².